The monoisotopic (exact) mass is 560 g/mol. The van der Waals surface area contributed by atoms with Crippen LogP contribution < -0.4 is 24.8 Å². The van der Waals surface area contributed by atoms with Gasteiger partial charge in [0.05, 0.1) is 0 Å². The van der Waals surface area contributed by atoms with Crippen molar-refractivity contribution in [1.29, 1.82) is 0 Å². The van der Waals surface area contributed by atoms with Gasteiger partial charge >= 0.3 is 193 Å². The van der Waals surface area contributed by atoms with Gasteiger partial charge in [-0.25, -0.2) is 0 Å². The van der Waals surface area contributed by atoms with Crippen molar-refractivity contribution in [3.63, 3.8) is 0 Å². The Morgan fingerprint density at radius 1 is 0.688 bits per heavy atom. The number of hydrogen-bond donors (Lipinski definition) is 0. The predicted molar refractivity (Wildman–Crippen MR) is 131 cm³/mol. The maximum absolute atomic E-state index is 2.62. The SMILES string of the molecule is CC1=Cc2c(C(C)C)cccc2[CH]1[Zr+2]([CH]1C(C)=Cc2c(C(C)C)cccc21)=[Si](C)C.[Cl-].[Cl-]. The van der Waals surface area contributed by atoms with E-state index < -0.39 is 20.4 Å². The van der Waals surface area contributed by atoms with Gasteiger partial charge in [-0.05, 0) is 0 Å². The first kappa shape index (κ1) is 27.8. The van der Waals surface area contributed by atoms with Gasteiger partial charge < -0.3 is 24.8 Å². The summed E-state index contributed by atoms with van der Waals surface area (Å²) in [7, 11) is 0. The molecule has 0 aromatic heterocycles. The molecule has 0 fully saturated rings. The third kappa shape index (κ3) is 4.72. The Balaban J connectivity index is 0.00000181. The van der Waals surface area contributed by atoms with Crippen LogP contribution in [-0.2, 0) is 20.4 Å². The summed E-state index contributed by atoms with van der Waals surface area (Å²) in [5, 5.41) is 0. The average Bonchev–Trinajstić information content (AvgIpc) is 3.18. The van der Waals surface area contributed by atoms with E-state index in [-0.39, 0.29) is 30.2 Å². The molecule has 0 aliphatic heterocycles. The van der Waals surface area contributed by atoms with Gasteiger partial charge in [0.2, 0.25) is 0 Å². The van der Waals surface area contributed by atoms with Gasteiger partial charge in [-0.2, -0.15) is 0 Å². The zero-order chi connectivity index (χ0) is 21.7. The molecule has 2 aromatic carbocycles. The molecule has 2 atom stereocenters. The van der Waals surface area contributed by atoms with E-state index in [1.807, 2.05) is 0 Å². The first-order chi connectivity index (χ1) is 14.2. The molecule has 0 amide bonds. The molecule has 32 heavy (non-hydrogen) atoms. The van der Waals surface area contributed by atoms with Crippen LogP contribution in [0.4, 0.5) is 0 Å². The maximum Gasteiger partial charge on any atom is -1.00 e. The molecule has 0 saturated carbocycles. The third-order valence-electron chi connectivity index (χ3n) is 7.07. The van der Waals surface area contributed by atoms with E-state index in [4.69, 9.17) is 0 Å². The van der Waals surface area contributed by atoms with Crippen molar-refractivity contribution in [2.45, 2.75) is 73.7 Å². The van der Waals surface area contributed by atoms with Crippen LogP contribution in [0.5, 0.6) is 0 Å². The summed E-state index contributed by atoms with van der Waals surface area (Å²) >= 11 is -1.90. The van der Waals surface area contributed by atoms with E-state index in [9.17, 15) is 0 Å². The number of fused-ring (bicyclic) bond motifs is 2. The van der Waals surface area contributed by atoms with Gasteiger partial charge in [-0.1, -0.05) is 0 Å². The van der Waals surface area contributed by atoms with E-state index in [2.05, 4.69) is 103 Å². The summed E-state index contributed by atoms with van der Waals surface area (Å²) in [4.78, 5) is 0. The molecule has 4 heteroatoms. The van der Waals surface area contributed by atoms with Crippen LogP contribution in [0.1, 0.15) is 94.0 Å². The number of halogens is 2. The summed E-state index contributed by atoms with van der Waals surface area (Å²) in [6, 6.07) is 14.3. The molecular formula is C28H36Cl2SiZr. The fourth-order valence-electron chi connectivity index (χ4n) is 5.73. The topological polar surface area (TPSA) is 0 Å². The van der Waals surface area contributed by atoms with Crippen molar-refractivity contribution in [3.8, 4) is 0 Å². The van der Waals surface area contributed by atoms with Crippen molar-refractivity contribution in [1.82, 2.24) is 0 Å². The van der Waals surface area contributed by atoms with Gasteiger partial charge in [0.15, 0.2) is 0 Å². The van der Waals surface area contributed by atoms with E-state index in [1.54, 1.807) is 44.5 Å². The van der Waals surface area contributed by atoms with Crippen LogP contribution in [0, 0.1) is 0 Å². The van der Waals surface area contributed by atoms with Crippen molar-refractivity contribution < 1.29 is 45.2 Å². The van der Waals surface area contributed by atoms with Crippen molar-refractivity contribution >= 4 is 17.6 Å². The number of allylic oxidation sites excluding steroid dienone is 2. The normalized spacial score (nSPS) is 18.2. The number of hydrogen-bond acceptors (Lipinski definition) is 0. The molecule has 2 aromatic rings. The van der Waals surface area contributed by atoms with Gasteiger partial charge in [-0.3, -0.25) is 0 Å². The second-order valence-electron chi connectivity index (χ2n) is 10.1. The molecule has 0 spiro atoms. The Hall–Kier alpha value is -0.400. The fourth-order valence-corrected chi connectivity index (χ4v) is 26.5. The summed E-state index contributed by atoms with van der Waals surface area (Å²) in [6.07, 6.45) is 5.11. The van der Waals surface area contributed by atoms with Crippen LogP contribution in [0.15, 0.2) is 47.5 Å². The molecule has 2 aliphatic carbocycles. The Morgan fingerprint density at radius 3 is 1.38 bits per heavy atom. The summed E-state index contributed by atoms with van der Waals surface area (Å²) in [5.74, 6) is 1.18. The molecule has 0 nitrogen and oxygen atoms in total. The van der Waals surface area contributed by atoms with Crippen LogP contribution in [0.25, 0.3) is 12.2 Å². The average molecular weight is 563 g/mol. The molecular weight excluding hydrogens is 527 g/mol. The van der Waals surface area contributed by atoms with Gasteiger partial charge in [-0.15, -0.1) is 0 Å². The van der Waals surface area contributed by atoms with Crippen molar-refractivity contribution in [3.05, 3.63) is 80.9 Å². The van der Waals surface area contributed by atoms with Crippen LogP contribution in [0.3, 0.4) is 0 Å². The Kier molecular flexibility index (Phi) is 9.48. The number of benzene rings is 2. The van der Waals surface area contributed by atoms with Crippen molar-refractivity contribution in [2.24, 2.45) is 0 Å². The molecule has 0 radical (unpaired) electrons. The minimum Gasteiger partial charge on any atom is -1.00 e. The maximum atomic E-state index is 2.62. The predicted octanol–water partition coefficient (Wildman–Crippen LogP) is 2.43. The summed E-state index contributed by atoms with van der Waals surface area (Å²) in [6.45, 7) is 19.5. The molecule has 0 bridgehead atoms. The minimum absolute atomic E-state index is 0. The van der Waals surface area contributed by atoms with Crippen LogP contribution in [-0.4, -0.2) is 5.43 Å². The van der Waals surface area contributed by atoms with E-state index in [1.165, 1.54) is 0 Å². The Bertz CT molecular complexity index is 1020. The molecule has 0 heterocycles. The quantitative estimate of drug-likeness (QED) is 0.503. The molecule has 0 N–H and O–H groups in total. The van der Waals surface area contributed by atoms with E-state index in [0.29, 0.717) is 11.8 Å². The minimum atomic E-state index is -1.90. The van der Waals surface area contributed by atoms with Crippen LogP contribution in [0.2, 0.25) is 13.1 Å². The third-order valence-corrected chi connectivity index (χ3v) is 27.0. The number of rotatable bonds is 4. The second-order valence-corrected chi connectivity index (χ2v) is 28.0. The molecule has 0 saturated heterocycles. The standard InChI is InChI=1S/2C13H15.C2H6Si.2ClH.Zr/c2*1-9(2)12-6-4-5-11-7-10(3)8-13(11)12;1-3-2;;;/h2*4-9H,1-3H3;1-2H3;2*1H;/q;;;;;+2/p-2. The molecule has 2 unspecified atom stereocenters. The Morgan fingerprint density at radius 2 is 1.06 bits per heavy atom. The molecule has 170 valence electrons. The fraction of sp³-hybridized carbons (Fsp3) is 0.429. The smallest absolute Gasteiger partial charge is 1.00 e. The van der Waals surface area contributed by atoms with E-state index >= 15 is 0 Å². The van der Waals surface area contributed by atoms with E-state index in [0.717, 1.165) is 7.25 Å². The summed E-state index contributed by atoms with van der Waals surface area (Å²) < 4.78 is 1.49. The molecule has 2 aliphatic rings. The molecule has 4 rings (SSSR count). The Labute approximate surface area is 216 Å². The first-order valence-electron chi connectivity index (χ1n) is 11.5. The van der Waals surface area contributed by atoms with Crippen LogP contribution >= 0.6 is 0 Å². The largest absolute Gasteiger partial charge is 1.00 e. The van der Waals surface area contributed by atoms with Gasteiger partial charge in [0.25, 0.3) is 0 Å². The van der Waals surface area contributed by atoms with Gasteiger partial charge in [0.1, 0.15) is 0 Å². The second kappa shape index (κ2) is 10.9. The summed E-state index contributed by atoms with van der Waals surface area (Å²) in [5.41, 5.74) is 12.5. The van der Waals surface area contributed by atoms with Crippen molar-refractivity contribution in [2.75, 3.05) is 0 Å². The van der Waals surface area contributed by atoms with Gasteiger partial charge in [0, 0.05) is 0 Å². The zero-order valence-corrected chi connectivity index (χ0v) is 25.7. The first-order valence-corrected chi connectivity index (χ1v) is 20.5. The zero-order valence-electron chi connectivity index (χ0n) is 20.7.